The third kappa shape index (κ3) is 2.89. The first-order valence-corrected chi connectivity index (χ1v) is 6.11. The van der Waals surface area contributed by atoms with Crippen molar-refractivity contribution in [2.45, 2.75) is 19.5 Å². The molecular formula is C13H15ClFN3. The molecule has 0 saturated heterocycles. The number of hydrogen-bond acceptors (Lipinski definition) is 2. The highest BCUT2D eigenvalue weighted by molar-refractivity contribution is 6.30. The van der Waals surface area contributed by atoms with E-state index in [0.29, 0.717) is 17.1 Å². The van der Waals surface area contributed by atoms with E-state index in [1.165, 1.54) is 12.1 Å². The zero-order chi connectivity index (χ0) is 13.1. The van der Waals surface area contributed by atoms with E-state index in [4.69, 9.17) is 11.6 Å². The van der Waals surface area contributed by atoms with Gasteiger partial charge in [-0.2, -0.15) is 5.10 Å². The third-order valence-corrected chi connectivity index (χ3v) is 3.16. The van der Waals surface area contributed by atoms with Crippen LogP contribution in [0, 0.1) is 5.82 Å². The van der Waals surface area contributed by atoms with Crippen LogP contribution in [0.1, 0.15) is 24.1 Å². The van der Waals surface area contributed by atoms with Crippen LogP contribution in [0.4, 0.5) is 4.39 Å². The largest absolute Gasteiger partial charge is 0.313 e. The minimum Gasteiger partial charge on any atom is -0.313 e. The fourth-order valence-corrected chi connectivity index (χ4v) is 1.89. The first-order valence-electron chi connectivity index (χ1n) is 5.73. The van der Waals surface area contributed by atoms with Gasteiger partial charge in [-0.15, -0.1) is 0 Å². The quantitative estimate of drug-likeness (QED) is 0.923. The minimum absolute atomic E-state index is 0.225. The lowest BCUT2D eigenvalue weighted by Gasteiger charge is -2.06. The van der Waals surface area contributed by atoms with Crippen LogP contribution >= 0.6 is 11.6 Å². The monoisotopic (exact) mass is 267 g/mol. The Balaban J connectivity index is 2.18. The number of aromatic nitrogens is 2. The second kappa shape index (κ2) is 5.50. The molecule has 1 aromatic carbocycles. The number of halogens is 2. The van der Waals surface area contributed by atoms with Gasteiger partial charge < -0.3 is 5.32 Å². The van der Waals surface area contributed by atoms with Gasteiger partial charge in [0.15, 0.2) is 0 Å². The van der Waals surface area contributed by atoms with E-state index in [0.717, 1.165) is 5.56 Å². The van der Waals surface area contributed by atoms with Crippen molar-refractivity contribution in [3.8, 4) is 0 Å². The maximum atomic E-state index is 13.6. The van der Waals surface area contributed by atoms with E-state index in [1.54, 1.807) is 16.9 Å². The van der Waals surface area contributed by atoms with Gasteiger partial charge in [-0.25, -0.2) is 4.39 Å². The first kappa shape index (κ1) is 13.1. The molecule has 18 heavy (non-hydrogen) atoms. The molecule has 0 aliphatic rings. The van der Waals surface area contributed by atoms with E-state index in [9.17, 15) is 4.39 Å². The standard InChI is InChI=1S/C13H15ClFN3/c1-9(16-2)11-6-17-18(8-11)7-10-5-12(14)3-4-13(10)15/h3-6,8-9,16H,7H2,1-2H3. The molecule has 1 unspecified atom stereocenters. The number of rotatable bonds is 4. The molecule has 96 valence electrons. The van der Waals surface area contributed by atoms with E-state index in [1.807, 2.05) is 20.2 Å². The summed E-state index contributed by atoms with van der Waals surface area (Å²) < 4.78 is 15.3. The zero-order valence-electron chi connectivity index (χ0n) is 10.3. The van der Waals surface area contributed by atoms with Gasteiger partial charge in [0.25, 0.3) is 0 Å². The van der Waals surface area contributed by atoms with Crippen molar-refractivity contribution in [3.63, 3.8) is 0 Å². The van der Waals surface area contributed by atoms with Crippen LogP contribution in [-0.4, -0.2) is 16.8 Å². The first-order chi connectivity index (χ1) is 8.60. The van der Waals surface area contributed by atoms with E-state index >= 15 is 0 Å². The van der Waals surface area contributed by atoms with E-state index < -0.39 is 0 Å². The highest BCUT2D eigenvalue weighted by atomic mass is 35.5. The average molecular weight is 268 g/mol. The maximum Gasteiger partial charge on any atom is 0.128 e. The number of nitrogens with one attached hydrogen (secondary N) is 1. The number of hydrogen-bond donors (Lipinski definition) is 1. The van der Waals surface area contributed by atoms with Crippen LogP contribution in [0.15, 0.2) is 30.6 Å². The molecule has 1 N–H and O–H groups in total. The molecule has 0 amide bonds. The predicted molar refractivity (Wildman–Crippen MR) is 70.2 cm³/mol. The normalized spacial score (nSPS) is 12.7. The Hall–Kier alpha value is -1.39. The molecule has 0 radical (unpaired) electrons. The van der Waals surface area contributed by atoms with Gasteiger partial charge >= 0.3 is 0 Å². The Morgan fingerprint density at radius 3 is 3.00 bits per heavy atom. The van der Waals surface area contributed by atoms with Crippen LogP contribution < -0.4 is 5.32 Å². The summed E-state index contributed by atoms with van der Waals surface area (Å²) in [6, 6.07) is 4.76. The lowest BCUT2D eigenvalue weighted by Crippen LogP contribution is -2.11. The van der Waals surface area contributed by atoms with Crippen molar-refractivity contribution >= 4 is 11.6 Å². The molecule has 0 aliphatic carbocycles. The molecular weight excluding hydrogens is 253 g/mol. The van der Waals surface area contributed by atoms with Crippen LogP contribution in [0.3, 0.4) is 0 Å². The smallest absolute Gasteiger partial charge is 0.128 e. The molecule has 2 aromatic rings. The summed E-state index contributed by atoms with van der Waals surface area (Å²) in [6.07, 6.45) is 3.69. The van der Waals surface area contributed by atoms with Crippen LogP contribution in [0.25, 0.3) is 0 Å². The Labute approximate surface area is 111 Å². The highest BCUT2D eigenvalue weighted by Gasteiger charge is 2.08. The number of nitrogens with zero attached hydrogens (tertiary/aromatic N) is 2. The predicted octanol–water partition coefficient (Wildman–Crippen LogP) is 3.00. The second-order valence-electron chi connectivity index (χ2n) is 4.22. The van der Waals surface area contributed by atoms with E-state index in [-0.39, 0.29) is 11.9 Å². The van der Waals surface area contributed by atoms with Crippen LogP contribution in [-0.2, 0) is 6.54 Å². The molecule has 0 spiro atoms. The fourth-order valence-electron chi connectivity index (χ4n) is 1.70. The third-order valence-electron chi connectivity index (χ3n) is 2.93. The van der Waals surface area contributed by atoms with Crippen LogP contribution in [0.5, 0.6) is 0 Å². The van der Waals surface area contributed by atoms with Crippen molar-refractivity contribution in [2.75, 3.05) is 7.05 Å². The second-order valence-corrected chi connectivity index (χ2v) is 4.65. The summed E-state index contributed by atoms with van der Waals surface area (Å²) in [7, 11) is 1.89. The topological polar surface area (TPSA) is 29.9 Å². The van der Waals surface area contributed by atoms with Crippen LogP contribution in [0.2, 0.25) is 5.02 Å². The lowest BCUT2D eigenvalue weighted by molar-refractivity contribution is 0.584. The average Bonchev–Trinajstić information content (AvgIpc) is 2.81. The van der Waals surface area contributed by atoms with Gasteiger partial charge in [0.2, 0.25) is 0 Å². The minimum atomic E-state index is -0.266. The molecule has 3 nitrogen and oxygen atoms in total. The molecule has 1 atom stereocenters. The molecule has 0 fully saturated rings. The number of benzene rings is 1. The molecule has 5 heteroatoms. The maximum absolute atomic E-state index is 13.6. The van der Waals surface area contributed by atoms with Crippen molar-refractivity contribution < 1.29 is 4.39 Å². The molecule has 0 bridgehead atoms. The Morgan fingerprint density at radius 2 is 2.28 bits per heavy atom. The molecule has 0 aliphatic heterocycles. The summed E-state index contributed by atoms with van der Waals surface area (Å²) >= 11 is 5.85. The van der Waals surface area contributed by atoms with E-state index in [2.05, 4.69) is 10.4 Å². The van der Waals surface area contributed by atoms with Crippen molar-refractivity contribution in [3.05, 3.63) is 52.6 Å². The lowest BCUT2D eigenvalue weighted by atomic mass is 10.2. The highest BCUT2D eigenvalue weighted by Crippen LogP contribution is 2.17. The van der Waals surface area contributed by atoms with Gasteiger partial charge in [0.05, 0.1) is 12.7 Å². The summed E-state index contributed by atoms with van der Waals surface area (Å²) in [5, 5.41) is 7.88. The summed E-state index contributed by atoms with van der Waals surface area (Å²) in [4.78, 5) is 0. The molecule has 2 rings (SSSR count). The summed E-state index contributed by atoms with van der Waals surface area (Å²) in [5.74, 6) is -0.266. The molecule has 0 saturated carbocycles. The van der Waals surface area contributed by atoms with Gasteiger partial charge in [-0.3, -0.25) is 4.68 Å². The van der Waals surface area contributed by atoms with Gasteiger partial charge in [0.1, 0.15) is 5.82 Å². The van der Waals surface area contributed by atoms with Crippen molar-refractivity contribution in [2.24, 2.45) is 0 Å². The molecule has 1 aromatic heterocycles. The Bertz CT molecular complexity index is 539. The summed E-state index contributed by atoms with van der Waals surface area (Å²) in [5.41, 5.74) is 1.61. The van der Waals surface area contributed by atoms with Crippen molar-refractivity contribution in [1.82, 2.24) is 15.1 Å². The zero-order valence-corrected chi connectivity index (χ0v) is 11.1. The van der Waals surface area contributed by atoms with Gasteiger partial charge in [-0.05, 0) is 32.2 Å². The van der Waals surface area contributed by atoms with Gasteiger partial charge in [0, 0.05) is 28.4 Å². The summed E-state index contributed by atoms with van der Waals surface area (Å²) in [6.45, 7) is 2.42. The fraction of sp³-hybridized carbons (Fsp3) is 0.308. The SMILES string of the molecule is CNC(C)c1cnn(Cc2cc(Cl)ccc2F)c1. The Morgan fingerprint density at radius 1 is 1.50 bits per heavy atom. The van der Waals surface area contributed by atoms with Crippen molar-refractivity contribution in [1.29, 1.82) is 0 Å². The Kier molecular flexibility index (Phi) is 3.99. The molecule has 1 heterocycles. The van der Waals surface area contributed by atoms with Gasteiger partial charge in [-0.1, -0.05) is 11.6 Å².